The first kappa shape index (κ1) is 22.4. The Morgan fingerprint density at radius 2 is 1.72 bits per heavy atom. The van der Waals surface area contributed by atoms with Crippen LogP contribution in [-0.4, -0.2) is 55.7 Å². The lowest BCUT2D eigenvalue weighted by Crippen LogP contribution is -2.49. The van der Waals surface area contributed by atoms with Crippen LogP contribution in [0.2, 0.25) is 0 Å². The molecule has 2 aliphatic rings. The molecule has 0 unspecified atom stereocenters. The van der Waals surface area contributed by atoms with Crippen LogP contribution in [0.4, 0.5) is 4.39 Å². The van der Waals surface area contributed by atoms with Crippen molar-refractivity contribution in [3.8, 4) is 0 Å². The number of carbonyl (C=O) groups is 2. The van der Waals surface area contributed by atoms with Crippen molar-refractivity contribution < 1.29 is 27.1 Å². The number of piperidine rings is 1. The average Bonchev–Trinajstić information content (AvgIpc) is 2.83. The fraction of sp³-hybridized carbons (Fsp3) is 0.391. The average molecular weight is 461 g/mol. The second-order valence-electron chi connectivity index (χ2n) is 8.05. The monoisotopic (exact) mass is 460 g/mol. The summed E-state index contributed by atoms with van der Waals surface area (Å²) < 4.78 is 46.8. The molecule has 2 heterocycles. The van der Waals surface area contributed by atoms with Crippen molar-refractivity contribution in [2.24, 2.45) is 0 Å². The van der Waals surface area contributed by atoms with Gasteiger partial charge in [-0.25, -0.2) is 17.6 Å². The van der Waals surface area contributed by atoms with Gasteiger partial charge in [0.05, 0.1) is 7.11 Å². The minimum Gasteiger partial charge on any atom is -0.467 e. The molecule has 0 aliphatic carbocycles. The number of methoxy groups -OCH3 is 1. The molecule has 7 nitrogen and oxygen atoms in total. The number of nitrogens with zero attached hydrogens (tertiary/aromatic N) is 2. The maximum atomic E-state index is 14.6. The van der Waals surface area contributed by atoms with E-state index in [0.717, 1.165) is 29.7 Å². The van der Waals surface area contributed by atoms with Gasteiger partial charge in [0.25, 0.3) is 5.91 Å². The number of rotatable bonds is 4. The minimum absolute atomic E-state index is 0.00951. The standard InChI is InChI=1S/C23H25FN2O5S/c1-31-23(28)20-13-16-7-3-4-8-18(16)15-26(20)22(27)17-9-10-19(24)21(14-17)32(29,30)25-11-5-2-6-12-25/h3-4,7-10,14,20H,2,5-6,11-13,15H2,1H3/t20-/m1/s1. The molecule has 1 saturated heterocycles. The molecule has 0 bridgehead atoms. The topological polar surface area (TPSA) is 84.0 Å². The van der Waals surface area contributed by atoms with Gasteiger partial charge in [-0.05, 0) is 42.2 Å². The van der Waals surface area contributed by atoms with E-state index in [1.165, 1.54) is 22.4 Å². The molecule has 2 aromatic carbocycles. The number of esters is 1. The lowest BCUT2D eigenvalue weighted by atomic mass is 9.93. The summed E-state index contributed by atoms with van der Waals surface area (Å²) in [6.45, 7) is 0.820. The number of hydrogen-bond acceptors (Lipinski definition) is 5. The number of halogens is 1. The van der Waals surface area contributed by atoms with Gasteiger partial charge in [0, 0.05) is 31.6 Å². The van der Waals surface area contributed by atoms with Crippen LogP contribution in [0.15, 0.2) is 47.4 Å². The quantitative estimate of drug-likeness (QED) is 0.655. The lowest BCUT2D eigenvalue weighted by molar-refractivity contribution is -0.146. The summed E-state index contributed by atoms with van der Waals surface area (Å²) in [6.07, 6.45) is 2.65. The van der Waals surface area contributed by atoms with Crippen LogP contribution in [0.25, 0.3) is 0 Å². The van der Waals surface area contributed by atoms with E-state index in [2.05, 4.69) is 0 Å². The molecule has 170 valence electrons. The summed E-state index contributed by atoms with van der Waals surface area (Å²) in [5.74, 6) is -2.01. The number of sulfonamides is 1. The molecule has 1 atom stereocenters. The van der Waals surface area contributed by atoms with Crippen molar-refractivity contribution in [3.05, 3.63) is 65.0 Å². The first-order valence-corrected chi connectivity index (χ1v) is 12.0. The molecular formula is C23H25FN2O5S. The third kappa shape index (κ3) is 4.14. The summed E-state index contributed by atoms with van der Waals surface area (Å²) in [7, 11) is -2.81. The Morgan fingerprint density at radius 1 is 1.03 bits per heavy atom. The van der Waals surface area contributed by atoms with Crippen LogP contribution in [0.5, 0.6) is 0 Å². The van der Waals surface area contributed by atoms with Crippen LogP contribution in [0.1, 0.15) is 40.7 Å². The maximum Gasteiger partial charge on any atom is 0.328 e. The highest BCUT2D eigenvalue weighted by Gasteiger charge is 2.37. The molecule has 4 rings (SSSR count). The SMILES string of the molecule is COC(=O)[C@H]1Cc2ccccc2CN1C(=O)c1ccc(F)c(S(=O)(=O)N2CCCCC2)c1. The van der Waals surface area contributed by atoms with E-state index in [9.17, 15) is 22.4 Å². The largest absolute Gasteiger partial charge is 0.467 e. The van der Waals surface area contributed by atoms with Crippen molar-refractivity contribution >= 4 is 21.9 Å². The highest BCUT2D eigenvalue weighted by molar-refractivity contribution is 7.89. The summed E-state index contributed by atoms with van der Waals surface area (Å²) >= 11 is 0. The Morgan fingerprint density at radius 3 is 2.41 bits per heavy atom. The second kappa shape index (κ2) is 8.99. The molecule has 1 fully saturated rings. The first-order valence-electron chi connectivity index (χ1n) is 10.6. The van der Waals surface area contributed by atoms with E-state index < -0.39 is 38.7 Å². The predicted molar refractivity (Wildman–Crippen MR) is 115 cm³/mol. The number of benzene rings is 2. The van der Waals surface area contributed by atoms with E-state index >= 15 is 0 Å². The van der Waals surface area contributed by atoms with E-state index in [1.54, 1.807) is 0 Å². The van der Waals surface area contributed by atoms with E-state index in [-0.39, 0.29) is 18.5 Å². The summed E-state index contributed by atoms with van der Waals surface area (Å²) in [4.78, 5) is 26.7. The van der Waals surface area contributed by atoms with Gasteiger partial charge < -0.3 is 9.64 Å². The fourth-order valence-electron chi connectivity index (χ4n) is 4.33. The highest BCUT2D eigenvalue weighted by Crippen LogP contribution is 2.28. The van der Waals surface area contributed by atoms with Gasteiger partial charge in [-0.2, -0.15) is 4.31 Å². The maximum absolute atomic E-state index is 14.6. The zero-order valence-corrected chi connectivity index (χ0v) is 18.6. The Labute approximate surface area is 186 Å². The zero-order chi connectivity index (χ0) is 22.9. The summed E-state index contributed by atoms with van der Waals surface area (Å²) in [6, 6.07) is 9.96. The second-order valence-corrected chi connectivity index (χ2v) is 9.96. The van der Waals surface area contributed by atoms with Crippen LogP contribution in [0.3, 0.4) is 0 Å². The third-order valence-corrected chi connectivity index (χ3v) is 8.01. The Balaban J connectivity index is 1.69. The van der Waals surface area contributed by atoms with Gasteiger partial charge in [0.2, 0.25) is 10.0 Å². The molecule has 9 heteroatoms. The molecule has 32 heavy (non-hydrogen) atoms. The number of amides is 1. The number of hydrogen-bond donors (Lipinski definition) is 0. The Bertz CT molecular complexity index is 1140. The lowest BCUT2D eigenvalue weighted by Gasteiger charge is -2.35. The van der Waals surface area contributed by atoms with Crippen LogP contribution in [-0.2, 0) is 32.5 Å². The molecule has 2 aliphatic heterocycles. The predicted octanol–water partition coefficient (Wildman–Crippen LogP) is 2.74. The molecule has 0 aromatic heterocycles. The first-order chi connectivity index (χ1) is 15.3. The molecular weight excluding hydrogens is 435 g/mol. The zero-order valence-electron chi connectivity index (χ0n) is 17.8. The van der Waals surface area contributed by atoms with E-state index in [0.29, 0.717) is 25.9 Å². The molecule has 2 aromatic rings. The van der Waals surface area contributed by atoms with Gasteiger partial charge >= 0.3 is 5.97 Å². The van der Waals surface area contributed by atoms with Crippen molar-refractivity contribution in [3.63, 3.8) is 0 Å². The van der Waals surface area contributed by atoms with Crippen LogP contribution in [0, 0.1) is 5.82 Å². The fourth-order valence-corrected chi connectivity index (χ4v) is 5.93. The smallest absolute Gasteiger partial charge is 0.328 e. The van der Waals surface area contributed by atoms with Gasteiger partial charge in [0.1, 0.15) is 16.8 Å². The number of fused-ring (bicyclic) bond motifs is 1. The van der Waals surface area contributed by atoms with Crippen molar-refractivity contribution in [1.29, 1.82) is 0 Å². The van der Waals surface area contributed by atoms with Crippen molar-refractivity contribution in [2.45, 2.75) is 43.2 Å². The minimum atomic E-state index is -4.07. The molecule has 0 N–H and O–H groups in total. The molecule has 0 spiro atoms. The molecule has 0 saturated carbocycles. The van der Waals surface area contributed by atoms with Crippen molar-refractivity contribution in [1.82, 2.24) is 9.21 Å². The van der Waals surface area contributed by atoms with E-state index in [1.807, 2.05) is 24.3 Å². The summed E-state index contributed by atoms with van der Waals surface area (Å²) in [5, 5.41) is 0. The Hall–Kier alpha value is -2.78. The van der Waals surface area contributed by atoms with Crippen LogP contribution < -0.4 is 0 Å². The van der Waals surface area contributed by atoms with Gasteiger partial charge in [-0.15, -0.1) is 0 Å². The normalized spacial score (nSPS) is 19.3. The van der Waals surface area contributed by atoms with Crippen molar-refractivity contribution in [2.75, 3.05) is 20.2 Å². The van der Waals surface area contributed by atoms with Gasteiger partial charge in [-0.1, -0.05) is 30.7 Å². The molecule has 0 radical (unpaired) electrons. The number of ether oxygens (including phenoxy) is 1. The third-order valence-electron chi connectivity index (χ3n) is 6.09. The van der Waals surface area contributed by atoms with Crippen LogP contribution >= 0.6 is 0 Å². The van der Waals surface area contributed by atoms with Gasteiger partial charge in [-0.3, -0.25) is 4.79 Å². The molecule has 1 amide bonds. The van der Waals surface area contributed by atoms with E-state index in [4.69, 9.17) is 4.74 Å². The summed E-state index contributed by atoms with van der Waals surface area (Å²) in [5.41, 5.74) is 1.85. The van der Waals surface area contributed by atoms with Gasteiger partial charge in [0.15, 0.2) is 0 Å². The Kier molecular flexibility index (Phi) is 6.30. The highest BCUT2D eigenvalue weighted by atomic mass is 32.2. The number of carbonyl (C=O) groups excluding carboxylic acids is 2.